The summed E-state index contributed by atoms with van der Waals surface area (Å²) in [5.74, 6) is 0. The fourth-order valence-corrected chi connectivity index (χ4v) is 0. The maximum Gasteiger partial charge on any atom is 0.0814 e. The minimum Gasteiger partial charge on any atom is 0 e. The smallest absolute Gasteiger partial charge is 0 e. The molecule has 4 heavy (non-hydrogen) atoms. The van der Waals surface area contributed by atoms with Crippen LogP contribution in [0.15, 0.2) is 0 Å². The second-order valence-corrected chi connectivity index (χ2v) is 0. The van der Waals surface area contributed by atoms with Gasteiger partial charge in [-0.25, -0.2) is 0 Å². The fourth-order valence-electron chi connectivity index (χ4n) is 0. The molecule has 0 aliphatic carbocycles. The van der Waals surface area contributed by atoms with Gasteiger partial charge in [0.05, 0.1) is 8.41 Å². The zero-order valence-electron chi connectivity index (χ0n) is 1.21. The van der Waals surface area contributed by atoms with Gasteiger partial charge in [0, 0.05) is 60.6 Å². The van der Waals surface area contributed by atoms with Gasteiger partial charge in [-0.3, -0.25) is 0 Å². The van der Waals surface area contributed by atoms with Gasteiger partial charge in [-0.1, -0.05) is 0 Å². The Kier molecular flexibility index (Phi) is 188. The summed E-state index contributed by atoms with van der Waals surface area (Å²) in [5, 5.41) is 0. The molecule has 0 spiro atoms. The summed E-state index contributed by atoms with van der Waals surface area (Å²) in [4.78, 5) is 0. The summed E-state index contributed by atoms with van der Waals surface area (Å²) in [6, 6.07) is 0. The van der Waals surface area contributed by atoms with Crippen LogP contribution in [0, 0.1) is 0 Å². The van der Waals surface area contributed by atoms with Crippen LogP contribution >= 0.6 is 0 Å². The molecule has 0 saturated carbocycles. The van der Waals surface area contributed by atoms with Crippen molar-refractivity contribution in [2.45, 2.75) is 0 Å². The van der Waals surface area contributed by atoms with Crippen LogP contribution in [0.25, 0.3) is 0 Å². The third kappa shape index (κ3) is 9.00. The molecule has 0 saturated heterocycles. The first-order valence-electron chi connectivity index (χ1n) is 0. The molecule has 0 aliphatic rings. The Morgan fingerprint density at radius 3 is 1.00 bits per heavy atom. The van der Waals surface area contributed by atoms with Gasteiger partial charge in [0.1, 0.15) is 0 Å². The molecule has 0 rings (SSSR count). The largest absolute Gasteiger partial charge is 0.0814 e. The van der Waals surface area contributed by atoms with E-state index in [0.717, 1.165) is 0 Å². The number of hydrogen-bond donors (Lipinski definition) is 0. The third-order valence-corrected chi connectivity index (χ3v) is 0. The summed E-state index contributed by atoms with van der Waals surface area (Å²) in [5.41, 5.74) is 0. The molecule has 0 bridgehead atoms. The van der Waals surface area contributed by atoms with Gasteiger partial charge in [-0.15, -0.1) is 0 Å². The van der Waals surface area contributed by atoms with Crippen LogP contribution in [0.1, 0.15) is 0 Å². The van der Waals surface area contributed by atoms with Crippen LogP contribution in [0.4, 0.5) is 0 Å². The summed E-state index contributed by atoms with van der Waals surface area (Å²) in [6.45, 7) is 0. The molecule has 0 aromatic carbocycles. The van der Waals surface area contributed by atoms with Crippen molar-refractivity contribution < 1.29 is 60.6 Å². The summed E-state index contributed by atoms with van der Waals surface area (Å²) < 4.78 is 0. The van der Waals surface area contributed by atoms with Crippen molar-refractivity contribution in [1.29, 1.82) is 0 Å². The van der Waals surface area contributed by atoms with E-state index >= 15 is 0 Å². The predicted octanol–water partition coefficient (Wildman–Crippen LogP) is -1.19. The van der Waals surface area contributed by atoms with Gasteiger partial charge >= 0.3 is 0 Å². The second-order valence-electron chi connectivity index (χ2n) is 0. The standard InChI is InChI=1S/BH3.Cr.Cu.Zr/h1H3;;;. The van der Waals surface area contributed by atoms with Gasteiger partial charge in [-0.2, -0.15) is 0 Å². The van der Waals surface area contributed by atoms with Gasteiger partial charge in [0.2, 0.25) is 0 Å². The molecule has 0 heterocycles. The van der Waals surface area contributed by atoms with E-state index in [4.69, 9.17) is 0 Å². The number of hydrogen-bond acceptors (Lipinski definition) is 0. The third-order valence-electron chi connectivity index (χ3n) is 0. The molecule has 0 atom stereocenters. The Balaban J connectivity index is 0. The van der Waals surface area contributed by atoms with E-state index in [2.05, 4.69) is 0 Å². The Morgan fingerprint density at radius 1 is 1.00 bits per heavy atom. The van der Waals surface area contributed by atoms with Gasteiger partial charge in [-0.05, 0) is 0 Å². The van der Waals surface area contributed by atoms with Crippen LogP contribution in [-0.2, 0) is 60.6 Å². The quantitative estimate of drug-likeness (QED) is 0.451. The van der Waals surface area contributed by atoms with E-state index in [1.54, 1.807) is 0 Å². The first kappa shape index (κ1) is 37.5. The molecule has 27 valence electrons. The zero-order valence-corrected chi connectivity index (χ0v) is 5.88. The Hall–Kier alpha value is 2.00. The molecule has 0 unspecified atom stereocenters. The first-order valence-corrected chi connectivity index (χ1v) is 0. The molecule has 4 heteroatoms. The average Bonchev–Trinajstić information content (AvgIpc) is 0. The monoisotopic (exact) mass is 219 g/mol. The molecule has 0 nitrogen and oxygen atoms in total. The normalized spacial score (nSPS) is 0. The van der Waals surface area contributed by atoms with Crippen LogP contribution in [0.5, 0.6) is 0 Å². The van der Waals surface area contributed by atoms with E-state index in [1.165, 1.54) is 0 Å². The maximum atomic E-state index is 0. The van der Waals surface area contributed by atoms with E-state index in [9.17, 15) is 0 Å². The van der Waals surface area contributed by atoms with Crippen LogP contribution in [0.2, 0.25) is 0 Å². The molecule has 0 aromatic rings. The van der Waals surface area contributed by atoms with Crippen LogP contribution < -0.4 is 0 Å². The first-order chi connectivity index (χ1) is 0. The van der Waals surface area contributed by atoms with Gasteiger partial charge < -0.3 is 0 Å². The number of rotatable bonds is 0. The van der Waals surface area contributed by atoms with Crippen LogP contribution in [-0.4, -0.2) is 8.41 Å². The van der Waals surface area contributed by atoms with Crippen molar-refractivity contribution >= 4 is 8.41 Å². The van der Waals surface area contributed by atoms with Crippen molar-refractivity contribution in [3.8, 4) is 0 Å². The van der Waals surface area contributed by atoms with E-state index in [-0.39, 0.29) is 69.0 Å². The van der Waals surface area contributed by atoms with E-state index in [1.807, 2.05) is 0 Å². The molecule has 0 aliphatic heterocycles. The van der Waals surface area contributed by atoms with Gasteiger partial charge in [0.25, 0.3) is 0 Å². The molecule has 0 aromatic heterocycles. The molecule has 0 N–H and O–H groups in total. The minimum atomic E-state index is 0. The topological polar surface area (TPSA) is 0 Å². The Bertz CT molecular complexity index is 8.00. The summed E-state index contributed by atoms with van der Waals surface area (Å²) in [7, 11) is 0. The molecule has 1 radical (unpaired) electrons. The SMILES string of the molecule is B.[Cr].[Cu].[Zr]. The van der Waals surface area contributed by atoms with E-state index < -0.39 is 0 Å². The predicted molar refractivity (Wildman–Crippen MR) is 9.94 cm³/mol. The fraction of sp³-hybridized carbons (Fsp3) is 0. The summed E-state index contributed by atoms with van der Waals surface area (Å²) in [6.07, 6.45) is 0. The zero-order chi connectivity index (χ0) is 0. The van der Waals surface area contributed by atoms with Crippen LogP contribution in [0.3, 0.4) is 0 Å². The van der Waals surface area contributed by atoms with Crippen molar-refractivity contribution in [1.82, 2.24) is 0 Å². The second kappa shape index (κ2) is 20.0. The van der Waals surface area contributed by atoms with Crippen molar-refractivity contribution in [3.63, 3.8) is 0 Å². The Morgan fingerprint density at radius 2 is 1.00 bits per heavy atom. The van der Waals surface area contributed by atoms with E-state index in [0.29, 0.717) is 0 Å². The summed E-state index contributed by atoms with van der Waals surface area (Å²) >= 11 is 0. The molecular weight excluding hydrogens is 218 g/mol. The van der Waals surface area contributed by atoms with Crippen molar-refractivity contribution in [2.75, 3.05) is 0 Å². The van der Waals surface area contributed by atoms with Crippen molar-refractivity contribution in [3.05, 3.63) is 0 Å². The Labute approximate surface area is 68.4 Å². The molecular formula is H3BCrCuZr. The maximum absolute atomic E-state index is 0. The average molecular weight is 221 g/mol. The van der Waals surface area contributed by atoms with Crippen molar-refractivity contribution in [2.24, 2.45) is 0 Å². The molecule has 0 amide bonds. The minimum absolute atomic E-state index is 0. The molecule has 0 fully saturated rings. The van der Waals surface area contributed by atoms with Gasteiger partial charge in [0.15, 0.2) is 0 Å².